The zero-order valence-electron chi connectivity index (χ0n) is 22.1. The maximum atomic E-state index is 13.1. The van der Waals surface area contributed by atoms with E-state index >= 15 is 0 Å². The number of thiophene rings is 1. The molecule has 4 N–H and O–H groups in total. The molecule has 0 radical (unpaired) electrons. The zero-order chi connectivity index (χ0) is 28.6. The van der Waals surface area contributed by atoms with Crippen LogP contribution in [0.25, 0.3) is 0 Å². The molecular weight excluding hydrogens is 559 g/mol. The highest BCUT2D eigenvalue weighted by Crippen LogP contribution is 2.34. The number of rotatable bonds is 8. The average Bonchev–Trinajstić information content (AvgIpc) is 3.25. The number of hydrogen-bond acceptors (Lipinski definition) is 6. The van der Waals surface area contributed by atoms with Crippen molar-refractivity contribution < 1.29 is 9.59 Å². The number of nitrogens with zero attached hydrogens (tertiary/aromatic N) is 1. The van der Waals surface area contributed by atoms with E-state index in [0.717, 1.165) is 27.6 Å². The molecule has 1 atom stereocenters. The molecule has 10 heteroatoms. The first kappa shape index (κ1) is 28.8. The Hall–Kier alpha value is -4.17. The third kappa shape index (κ3) is 7.48. The van der Waals surface area contributed by atoms with Gasteiger partial charge in [-0.25, -0.2) is 0 Å². The summed E-state index contributed by atoms with van der Waals surface area (Å²) >= 11 is 7.91. The van der Waals surface area contributed by atoms with Crippen LogP contribution < -0.4 is 21.3 Å². The number of nitrogens with one attached hydrogen (secondary N) is 4. The van der Waals surface area contributed by atoms with Gasteiger partial charge in [-0.1, -0.05) is 42.0 Å². The van der Waals surface area contributed by atoms with E-state index < -0.39 is 5.25 Å². The number of benzene rings is 3. The molecule has 1 heterocycles. The summed E-state index contributed by atoms with van der Waals surface area (Å²) in [4.78, 5) is 27.2. The summed E-state index contributed by atoms with van der Waals surface area (Å²) in [7, 11) is 0. The summed E-state index contributed by atoms with van der Waals surface area (Å²) in [6, 6.07) is 26.7. The molecule has 0 fully saturated rings. The summed E-state index contributed by atoms with van der Waals surface area (Å²) < 4.78 is 0. The van der Waals surface area contributed by atoms with Crippen LogP contribution in [0.2, 0.25) is 0 Å². The van der Waals surface area contributed by atoms with Crippen molar-refractivity contribution in [1.29, 1.82) is 5.26 Å². The first-order valence-electron chi connectivity index (χ1n) is 12.4. The summed E-state index contributed by atoms with van der Waals surface area (Å²) in [5.41, 5.74) is 4.31. The van der Waals surface area contributed by atoms with Gasteiger partial charge in [0, 0.05) is 22.0 Å². The predicted molar refractivity (Wildman–Crippen MR) is 170 cm³/mol. The minimum atomic E-state index is -0.469. The van der Waals surface area contributed by atoms with Gasteiger partial charge in [-0.05, 0) is 81.0 Å². The molecule has 1 unspecified atom stereocenters. The van der Waals surface area contributed by atoms with Crippen LogP contribution in [0.3, 0.4) is 0 Å². The SMILES string of the molecule is Cc1ccc(NC(=S)Nc2cccc(SC(C)C(=O)Nc3sc(C(=O)Nc4ccccc4)c(C)c3C#N)c2)cc1. The normalized spacial score (nSPS) is 11.2. The van der Waals surface area contributed by atoms with Crippen molar-refractivity contribution in [2.45, 2.75) is 30.9 Å². The molecule has 40 heavy (non-hydrogen) atoms. The number of hydrogen-bond donors (Lipinski definition) is 4. The Bertz CT molecular complexity index is 1580. The van der Waals surface area contributed by atoms with E-state index in [0.29, 0.717) is 26.2 Å². The number of carbonyl (C=O) groups is 2. The summed E-state index contributed by atoms with van der Waals surface area (Å²) in [5.74, 6) is -0.597. The van der Waals surface area contributed by atoms with Gasteiger partial charge in [-0.15, -0.1) is 23.1 Å². The number of thioether (sulfide) groups is 1. The molecule has 0 saturated carbocycles. The van der Waals surface area contributed by atoms with Crippen molar-refractivity contribution in [3.8, 4) is 6.07 Å². The number of carbonyl (C=O) groups excluding carboxylic acids is 2. The van der Waals surface area contributed by atoms with E-state index in [1.54, 1.807) is 26.0 Å². The molecule has 2 amide bonds. The second-order valence-corrected chi connectivity index (χ2v) is 11.8. The van der Waals surface area contributed by atoms with Gasteiger partial charge in [0.15, 0.2) is 5.11 Å². The lowest BCUT2D eigenvalue weighted by Gasteiger charge is -2.14. The van der Waals surface area contributed by atoms with Gasteiger partial charge < -0.3 is 21.3 Å². The van der Waals surface area contributed by atoms with Crippen LogP contribution in [-0.2, 0) is 4.79 Å². The van der Waals surface area contributed by atoms with Crippen LogP contribution in [0, 0.1) is 25.2 Å². The maximum absolute atomic E-state index is 13.1. The molecule has 7 nitrogen and oxygen atoms in total. The lowest BCUT2D eigenvalue weighted by Crippen LogP contribution is -2.22. The van der Waals surface area contributed by atoms with Gasteiger partial charge in [0.2, 0.25) is 5.91 Å². The topological polar surface area (TPSA) is 106 Å². The monoisotopic (exact) mass is 585 g/mol. The lowest BCUT2D eigenvalue weighted by molar-refractivity contribution is -0.115. The maximum Gasteiger partial charge on any atom is 0.266 e. The van der Waals surface area contributed by atoms with Crippen LogP contribution in [0.15, 0.2) is 83.8 Å². The second kappa shape index (κ2) is 13.3. The van der Waals surface area contributed by atoms with Gasteiger partial charge in [0.1, 0.15) is 11.1 Å². The molecule has 3 aromatic carbocycles. The summed E-state index contributed by atoms with van der Waals surface area (Å²) in [6.07, 6.45) is 0. The first-order chi connectivity index (χ1) is 19.2. The lowest BCUT2D eigenvalue weighted by atomic mass is 10.1. The minimum Gasteiger partial charge on any atom is -0.332 e. The quantitative estimate of drug-likeness (QED) is 0.126. The standard InChI is InChI=1S/C30H27N5O2S3/c1-18-12-14-22(15-13-18)33-30(38)34-23-10-7-11-24(16-23)39-20(3)27(36)35-29-25(17-31)19(2)26(40-29)28(37)32-21-8-5-4-6-9-21/h4-16,20H,1-3H3,(H,32,37)(H,35,36)(H2,33,34,38). The Morgan fingerprint density at radius 2 is 1.52 bits per heavy atom. The molecule has 0 saturated heterocycles. The molecule has 0 aliphatic heterocycles. The number of nitriles is 1. The molecule has 0 aliphatic carbocycles. The fourth-order valence-electron chi connectivity index (χ4n) is 3.71. The Balaban J connectivity index is 1.38. The largest absolute Gasteiger partial charge is 0.332 e. The smallest absolute Gasteiger partial charge is 0.266 e. The number of aryl methyl sites for hydroxylation is 1. The molecule has 0 bridgehead atoms. The van der Waals surface area contributed by atoms with E-state index in [2.05, 4.69) is 27.3 Å². The van der Waals surface area contributed by atoms with E-state index in [9.17, 15) is 14.9 Å². The molecule has 0 spiro atoms. The van der Waals surface area contributed by atoms with Crippen molar-refractivity contribution in [2.75, 3.05) is 21.3 Å². The van der Waals surface area contributed by atoms with Crippen molar-refractivity contribution >= 4 is 74.3 Å². The van der Waals surface area contributed by atoms with Gasteiger partial charge in [0.25, 0.3) is 5.91 Å². The Labute approximate surface area is 247 Å². The second-order valence-electron chi connectivity index (χ2n) is 8.91. The average molecular weight is 586 g/mol. The number of thiocarbonyl (C=S) groups is 1. The molecule has 0 aliphatic rings. The molecular formula is C30H27N5O2S3. The fraction of sp³-hybridized carbons (Fsp3) is 0.133. The van der Waals surface area contributed by atoms with Gasteiger partial charge in [0.05, 0.1) is 15.7 Å². The Morgan fingerprint density at radius 1 is 0.875 bits per heavy atom. The van der Waals surface area contributed by atoms with Crippen LogP contribution in [-0.4, -0.2) is 22.2 Å². The number of amides is 2. The van der Waals surface area contributed by atoms with Crippen LogP contribution >= 0.6 is 35.3 Å². The molecule has 4 rings (SSSR count). The third-order valence-corrected chi connectivity index (χ3v) is 8.32. The summed E-state index contributed by atoms with van der Waals surface area (Å²) in [5, 5.41) is 22.1. The van der Waals surface area contributed by atoms with Gasteiger partial charge >= 0.3 is 0 Å². The van der Waals surface area contributed by atoms with Crippen molar-refractivity contribution in [2.24, 2.45) is 0 Å². The zero-order valence-corrected chi connectivity index (χ0v) is 24.5. The Kier molecular flexibility index (Phi) is 9.56. The highest BCUT2D eigenvalue weighted by atomic mass is 32.2. The van der Waals surface area contributed by atoms with Crippen molar-refractivity contribution in [3.05, 3.63) is 100 Å². The predicted octanol–water partition coefficient (Wildman–Crippen LogP) is 7.42. The Morgan fingerprint density at radius 3 is 2.23 bits per heavy atom. The van der Waals surface area contributed by atoms with Gasteiger partial charge in [-0.3, -0.25) is 9.59 Å². The van der Waals surface area contributed by atoms with Gasteiger partial charge in [-0.2, -0.15) is 5.26 Å². The first-order valence-corrected chi connectivity index (χ1v) is 14.5. The van der Waals surface area contributed by atoms with E-state index in [1.165, 1.54) is 17.3 Å². The van der Waals surface area contributed by atoms with Crippen LogP contribution in [0.1, 0.15) is 33.3 Å². The van der Waals surface area contributed by atoms with E-state index in [-0.39, 0.29) is 17.4 Å². The van der Waals surface area contributed by atoms with Crippen LogP contribution in [0.5, 0.6) is 0 Å². The van der Waals surface area contributed by atoms with Crippen molar-refractivity contribution in [3.63, 3.8) is 0 Å². The fourth-order valence-corrected chi connectivity index (χ4v) is 5.93. The van der Waals surface area contributed by atoms with E-state index in [1.807, 2.05) is 73.7 Å². The van der Waals surface area contributed by atoms with E-state index in [4.69, 9.17) is 12.2 Å². The molecule has 202 valence electrons. The minimum absolute atomic E-state index is 0.271. The number of para-hydroxylation sites is 1. The van der Waals surface area contributed by atoms with Crippen LogP contribution in [0.4, 0.5) is 22.1 Å². The highest BCUT2D eigenvalue weighted by molar-refractivity contribution is 8.00. The molecule has 1 aromatic heterocycles. The molecule has 4 aromatic rings. The summed E-state index contributed by atoms with van der Waals surface area (Å²) in [6.45, 7) is 5.52. The number of anilines is 4. The van der Waals surface area contributed by atoms with Crippen molar-refractivity contribution in [1.82, 2.24) is 0 Å². The highest BCUT2D eigenvalue weighted by Gasteiger charge is 2.23. The third-order valence-electron chi connectivity index (χ3n) is 5.82.